The summed E-state index contributed by atoms with van der Waals surface area (Å²) in [6.07, 6.45) is 0.459. The number of carboxylic acid groups (broad SMARTS) is 1. The zero-order chi connectivity index (χ0) is 19.2. The van der Waals surface area contributed by atoms with Gasteiger partial charge in [0.1, 0.15) is 11.5 Å². The normalized spacial score (nSPS) is 11.6. The molecule has 0 saturated heterocycles. The van der Waals surface area contributed by atoms with E-state index in [-0.39, 0.29) is 5.78 Å². The first kappa shape index (κ1) is 18.4. The van der Waals surface area contributed by atoms with Crippen molar-refractivity contribution in [2.45, 2.75) is 19.3 Å². The van der Waals surface area contributed by atoms with Gasteiger partial charge in [0.2, 0.25) is 0 Å². The van der Waals surface area contributed by atoms with Crippen molar-refractivity contribution in [2.24, 2.45) is 0 Å². The first-order valence-electron chi connectivity index (χ1n) is 8.79. The van der Waals surface area contributed by atoms with Gasteiger partial charge in [-0.25, -0.2) is 0 Å². The fourth-order valence-corrected chi connectivity index (χ4v) is 2.96. The van der Waals surface area contributed by atoms with Crippen molar-refractivity contribution in [1.82, 2.24) is 0 Å². The van der Waals surface area contributed by atoms with Crippen LogP contribution in [0.5, 0.6) is 11.5 Å². The van der Waals surface area contributed by atoms with Gasteiger partial charge in [-0.05, 0) is 42.3 Å². The Labute approximate surface area is 158 Å². The average molecular weight is 360 g/mol. The molecular weight excluding hydrogens is 340 g/mol. The van der Waals surface area contributed by atoms with E-state index >= 15 is 0 Å². The standard InChI is InChI=1S/C23H20O4/c1-2-19(23(25)26)16-9-8-10-17(15-16)22(24)20-13-6-7-14-21(20)27-18-11-4-3-5-12-18/h3-15,19H,2H2,1H3,(H,25,26). The second kappa shape index (κ2) is 8.32. The fourth-order valence-electron chi connectivity index (χ4n) is 2.96. The molecule has 1 atom stereocenters. The lowest BCUT2D eigenvalue weighted by Crippen LogP contribution is -2.12. The van der Waals surface area contributed by atoms with Gasteiger partial charge in [-0.1, -0.05) is 55.5 Å². The number of benzene rings is 3. The molecule has 4 nitrogen and oxygen atoms in total. The Kier molecular flexibility index (Phi) is 5.67. The highest BCUT2D eigenvalue weighted by Gasteiger charge is 2.20. The SMILES string of the molecule is CCC(C(=O)O)c1cccc(C(=O)c2ccccc2Oc2ccccc2)c1. The molecule has 3 aromatic carbocycles. The zero-order valence-corrected chi connectivity index (χ0v) is 15.0. The van der Waals surface area contributed by atoms with E-state index in [0.29, 0.717) is 34.6 Å². The number of ketones is 1. The van der Waals surface area contributed by atoms with Gasteiger partial charge >= 0.3 is 5.97 Å². The van der Waals surface area contributed by atoms with Crippen LogP contribution in [-0.4, -0.2) is 16.9 Å². The summed E-state index contributed by atoms with van der Waals surface area (Å²) in [7, 11) is 0. The number of carboxylic acids is 1. The minimum atomic E-state index is -0.894. The van der Waals surface area contributed by atoms with Crippen molar-refractivity contribution in [3.05, 3.63) is 95.6 Å². The number of carbonyl (C=O) groups is 2. The summed E-state index contributed by atoms with van der Waals surface area (Å²) in [5, 5.41) is 9.38. The van der Waals surface area contributed by atoms with Crippen molar-refractivity contribution < 1.29 is 19.4 Å². The lowest BCUT2D eigenvalue weighted by atomic mass is 9.93. The van der Waals surface area contributed by atoms with Crippen LogP contribution in [0.4, 0.5) is 0 Å². The Morgan fingerprint density at radius 2 is 1.63 bits per heavy atom. The minimum absolute atomic E-state index is 0.205. The topological polar surface area (TPSA) is 63.6 Å². The van der Waals surface area contributed by atoms with E-state index in [1.165, 1.54) is 0 Å². The minimum Gasteiger partial charge on any atom is -0.481 e. The van der Waals surface area contributed by atoms with Gasteiger partial charge < -0.3 is 9.84 Å². The largest absolute Gasteiger partial charge is 0.481 e. The number of carbonyl (C=O) groups excluding carboxylic acids is 1. The second-order valence-electron chi connectivity index (χ2n) is 6.16. The monoisotopic (exact) mass is 360 g/mol. The van der Waals surface area contributed by atoms with E-state index in [4.69, 9.17) is 4.74 Å². The molecule has 0 saturated carbocycles. The van der Waals surface area contributed by atoms with E-state index in [0.717, 1.165) is 0 Å². The molecule has 27 heavy (non-hydrogen) atoms. The third-order valence-corrected chi connectivity index (χ3v) is 4.36. The van der Waals surface area contributed by atoms with Crippen molar-refractivity contribution in [2.75, 3.05) is 0 Å². The molecule has 0 amide bonds. The molecule has 0 aliphatic carbocycles. The van der Waals surface area contributed by atoms with E-state index in [1.807, 2.05) is 43.3 Å². The number of hydrogen-bond donors (Lipinski definition) is 1. The van der Waals surface area contributed by atoms with Crippen molar-refractivity contribution in [1.29, 1.82) is 0 Å². The number of para-hydroxylation sites is 2. The Bertz CT molecular complexity index is 947. The number of ether oxygens (including phenoxy) is 1. The summed E-state index contributed by atoms with van der Waals surface area (Å²) in [6, 6.07) is 23.1. The van der Waals surface area contributed by atoms with E-state index in [1.54, 1.807) is 42.5 Å². The number of aliphatic carboxylic acids is 1. The molecule has 0 aliphatic rings. The van der Waals surface area contributed by atoms with Gasteiger partial charge in [-0.2, -0.15) is 0 Å². The predicted molar refractivity (Wildman–Crippen MR) is 104 cm³/mol. The molecule has 1 unspecified atom stereocenters. The van der Waals surface area contributed by atoms with Crippen LogP contribution in [0, 0.1) is 0 Å². The van der Waals surface area contributed by atoms with Gasteiger partial charge in [0.25, 0.3) is 0 Å². The fraction of sp³-hybridized carbons (Fsp3) is 0.130. The quantitative estimate of drug-likeness (QED) is 0.582. The third kappa shape index (κ3) is 4.23. The summed E-state index contributed by atoms with van der Waals surface area (Å²) in [5.41, 5.74) is 1.50. The molecule has 1 N–H and O–H groups in total. The Morgan fingerprint density at radius 3 is 2.33 bits per heavy atom. The van der Waals surface area contributed by atoms with Crippen LogP contribution >= 0.6 is 0 Å². The summed E-state index contributed by atoms with van der Waals surface area (Å²) in [6.45, 7) is 1.82. The second-order valence-corrected chi connectivity index (χ2v) is 6.16. The first-order valence-corrected chi connectivity index (χ1v) is 8.79. The van der Waals surface area contributed by atoms with Crippen LogP contribution in [0.15, 0.2) is 78.9 Å². The van der Waals surface area contributed by atoms with Crippen LogP contribution < -0.4 is 4.74 Å². The van der Waals surface area contributed by atoms with E-state index in [2.05, 4.69) is 0 Å². The molecule has 136 valence electrons. The highest BCUT2D eigenvalue weighted by Crippen LogP contribution is 2.28. The molecular formula is C23H20O4. The Balaban J connectivity index is 1.94. The zero-order valence-electron chi connectivity index (χ0n) is 15.0. The lowest BCUT2D eigenvalue weighted by molar-refractivity contribution is -0.138. The molecule has 0 aromatic heterocycles. The van der Waals surface area contributed by atoms with E-state index in [9.17, 15) is 14.7 Å². The van der Waals surface area contributed by atoms with Crippen LogP contribution in [-0.2, 0) is 4.79 Å². The number of rotatable bonds is 7. The highest BCUT2D eigenvalue weighted by atomic mass is 16.5. The number of hydrogen-bond acceptors (Lipinski definition) is 3. The van der Waals surface area contributed by atoms with Gasteiger partial charge in [0.15, 0.2) is 5.78 Å². The van der Waals surface area contributed by atoms with Gasteiger partial charge in [-0.15, -0.1) is 0 Å². The third-order valence-electron chi connectivity index (χ3n) is 4.36. The predicted octanol–water partition coefficient (Wildman–Crippen LogP) is 5.29. The maximum absolute atomic E-state index is 13.1. The summed E-state index contributed by atoms with van der Waals surface area (Å²) in [5.74, 6) is -0.625. The summed E-state index contributed by atoms with van der Waals surface area (Å²) in [4.78, 5) is 24.5. The van der Waals surface area contributed by atoms with Crippen LogP contribution in [0.2, 0.25) is 0 Å². The molecule has 0 fully saturated rings. The molecule has 0 aliphatic heterocycles. The molecule has 3 aromatic rings. The van der Waals surface area contributed by atoms with Crippen molar-refractivity contribution in [3.8, 4) is 11.5 Å². The van der Waals surface area contributed by atoms with Gasteiger partial charge in [0.05, 0.1) is 11.5 Å². The lowest BCUT2D eigenvalue weighted by Gasteiger charge is -2.13. The molecule has 0 radical (unpaired) electrons. The molecule has 0 heterocycles. The van der Waals surface area contributed by atoms with Crippen LogP contribution in [0.25, 0.3) is 0 Å². The molecule has 0 bridgehead atoms. The van der Waals surface area contributed by atoms with Crippen LogP contribution in [0.3, 0.4) is 0 Å². The molecule has 0 spiro atoms. The molecule has 3 rings (SSSR count). The summed E-state index contributed by atoms with van der Waals surface area (Å²) < 4.78 is 5.87. The Morgan fingerprint density at radius 1 is 0.926 bits per heavy atom. The average Bonchev–Trinajstić information content (AvgIpc) is 2.69. The molecule has 4 heteroatoms. The smallest absolute Gasteiger partial charge is 0.310 e. The van der Waals surface area contributed by atoms with Crippen molar-refractivity contribution in [3.63, 3.8) is 0 Å². The highest BCUT2D eigenvalue weighted by molar-refractivity contribution is 6.11. The first-order chi connectivity index (χ1) is 13.1. The van der Waals surface area contributed by atoms with Crippen molar-refractivity contribution >= 4 is 11.8 Å². The van der Waals surface area contributed by atoms with Gasteiger partial charge in [-0.3, -0.25) is 9.59 Å². The maximum Gasteiger partial charge on any atom is 0.310 e. The Hall–Kier alpha value is -3.40. The van der Waals surface area contributed by atoms with E-state index < -0.39 is 11.9 Å². The van der Waals surface area contributed by atoms with Crippen LogP contribution in [0.1, 0.15) is 40.7 Å². The maximum atomic E-state index is 13.1. The summed E-state index contributed by atoms with van der Waals surface area (Å²) >= 11 is 0. The van der Waals surface area contributed by atoms with Gasteiger partial charge in [0, 0.05) is 5.56 Å².